The van der Waals surface area contributed by atoms with Crippen molar-refractivity contribution in [3.05, 3.63) is 69.8 Å². The van der Waals surface area contributed by atoms with Crippen LogP contribution in [0.15, 0.2) is 58.7 Å². The van der Waals surface area contributed by atoms with Crippen molar-refractivity contribution in [1.82, 2.24) is 10.6 Å². The second-order valence-electron chi connectivity index (χ2n) is 7.00. The third kappa shape index (κ3) is 6.57. The van der Waals surface area contributed by atoms with Crippen LogP contribution in [0.3, 0.4) is 0 Å². The van der Waals surface area contributed by atoms with Gasteiger partial charge in [-0.3, -0.25) is 9.59 Å². The van der Waals surface area contributed by atoms with E-state index in [9.17, 15) is 9.59 Å². The lowest BCUT2D eigenvalue weighted by Crippen LogP contribution is -2.44. The van der Waals surface area contributed by atoms with Crippen LogP contribution in [0, 0.1) is 0 Å². The highest BCUT2D eigenvalue weighted by Crippen LogP contribution is 2.15. The molecule has 0 aromatic heterocycles. The van der Waals surface area contributed by atoms with Crippen molar-refractivity contribution < 1.29 is 14.3 Å². The van der Waals surface area contributed by atoms with E-state index < -0.39 is 5.54 Å². The Bertz CT molecular complexity index is 835. The molecular weight excluding hydrogens is 408 g/mol. The highest BCUT2D eigenvalue weighted by atomic mass is 79.9. The number of hydrogen-bond acceptors (Lipinski definition) is 3. The van der Waals surface area contributed by atoms with E-state index in [0.29, 0.717) is 11.3 Å². The topological polar surface area (TPSA) is 67.4 Å². The van der Waals surface area contributed by atoms with E-state index >= 15 is 0 Å². The van der Waals surface area contributed by atoms with Gasteiger partial charge in [-0.15, -0.1) is 0 Å². The Hall–Kier alpha value is -2.60. The van der Waals surface area contributed by atoms with Crippen molar-refractivity contribution in [2.24, 2.45) is 0 Å². The number of nitrogens with one attached hydrogen (secondary N) is 2. The van der Waals surface area contributed by atoms with Crippen LogP contribution in [-0.4, -0.2) is 24.5 Å². The molecule has 0 atom stereocenters. The summed E-state index contributed by atoms with van der Waals surface area (Å²) in [7, 11) is 1.56. The summed E-state index contributed by atoms with van der Waals surface area (Å²) in [6.07, 6.45) is 1.65. The van der Waals surface area contributed by atoms with Gasteiger partial charge in [0.15, 0.2) is 0 Å². The zero-order valence-corrected chi connectivity index (χ0v) is 17.4. The Morgan fingerprint density at radius 2 is 1.59 bits per heavy atom. The Morgan fingerprint density at radius 3 is 2.11 bits per heavy atom. The Morgan fingerprint density at radius 1 is 1.00 bits per heavy atom. The normalized spacial score (nSPS) is 11.7. The van der Waals surface area contributed by atoms with Crippen molar-refractivity contribution in [2.45, 2.75) is 26.3 Å². The molecule has 142 valence electrons. The molecule has 0 spiro atoms. The minimum absolute atomic E-state index is 0.174. The molecule has 0 heterocycles. The van der Waals surface area contributed by atoms with Crippen molar-refractivity contribution in [3.8, 4) is 5.75 Å². The monoisotopic (exact) mass is 430 g/mol. The van der Waals surface area contributed by atoms with Gasteiger partial charge in [-0.25, -0.2) is 0 Å². The van der Waals surface area contributed by atoms with E-state index in [1.165, 1.54) is 0 Å². The van der Waals surface area contributed by atoms with Crippen molar-refractivity contribution in [3.63, 3.8) is 0 Å². The molecule has 0 saturated heterocycles. The van der Waals surface area contributed by atoms with Gasteiger partial charge in [-0.2, -0.15) is 0 Å². The van der Waals surface area contributed by atoms with Crippen LogP contribution < -0.4 is 15.4 Å². The molecule has 2 rings (SSSR count). The number of carbonyl (C=O) groups is 2. The first-order valence-electron chi connectivity index (χ1n) is 8.43. The maximum Gasteiger partial charge on any atom is 0.268 e. The molecule has 2 aromatic carbocycles. The predicted molar refractivity (Wildman–Crippen MR) is 110 cm³/mol. The molecule has 0 radical (unpaired) electrons. The number of benzene rings is 2. The number of halogens is 1. The minimum atomic E-state index is -0.430. The number of hydrogen-bond donors (Lipinski definition) is 2. The number of methoxy groups -OCH3 is 1. The highest BCUT2D eigenvalue weighted by molar-refractivity contribution is 9.10. The Labute approximate surface area is 167 Å². The quantitative estimate of drug-likeness (QED) is 0.700. The summed E-state index contributed by atoms with van der Waals surface area (Å²) < 4.78 is 6.03. The molecule has 0 saturated carbocycles. The summed E-state index contributed by atoms with van der Waals surface area (Å²) in [5, 5.41) is 5.59. The molecule has 5 nitrogen and oxygen atoms in total. The third-order valence-corrected chi connectivity index (χ3v) is 4.04. The van der Waals surface area contributed by atoms with Crippen molar-refractivity contribution >= 4 is 33.8 Å². The van der Waals surface area contributed by atoms with Crippen LogP contribution in [-0.2, 0) is 4.79 Å². The van der Waals surface area contributed by atoms with Crippen LogP contribution in [0.5, 0.6) is 5.75 Å². The molecule has 2 amide bonds. The van der Waals surface area contributed by atoms with Gasteiger partial charge < -0.3 is 15.4 Å². The smallest absolute Gasteiger partial charge is 0.268 e. The molecule has 0 aliphatic rings. The molecule has 2 aromatic rings. The standard InChI is InChI=1S/C21H23BrN2O3/c1-21(2,3)24-20(26)18(13-14-5-9-16(22)10-6-14)23-19(25)15-7-11-17(27-4)12-8-15/h5-13H,1-4H3,(H,23,25)(H,24,26). The van der Waals surface area contributed by atoms with E-state index in [1.54, 1.807) is 37.5 Å². The van der Waals surface area contributed by atoms with E-state index in [1.807, 2.05) is 45.0 Å². The average Bonchev–Trinajstić information content (AvgIpc) is 2.61. The van der Waals surface area contributed by atoms with Gasteiger partial charge >= 0.3 is 0 Å². The number of carbonyl (C=O) groups excluding carboxylic acids is 2. The van der Waals surface area contributed by atoms with Gasteiger partial charge in [0, 0.05) is 15.6 Å². The van der Waals surface area contributed by atoms with Gasteiger partial charge in [0.25, 0.3) is 11.8 Å². The molecular formula is C21H23BrN2O3. The van der Waals surface area contributed by atoms with E-state index in [2.05, 4.69) is 26.6 Å². The summed E-state index contributed by atoms with van der Waals surface area (Å²) in [4.78, 5) is 25.3. The van der Waals surface area contributed by atoms with E-state index in [0.717, 1.165) is 10.0 Å². The Balaban J connectivity index is 2.29. The lowest BCUT2D eigenvalue weighted by molar-refractivity contribution is -0.119. The average molecular weight is 431 g/mol. The molecule has 6 heteroatoms. The first kappa shape index (κ1) is 20.7. The second kappa shape index (κ2) is 8.86. The lowest BCUT2D eigenvalue weighted by Gasteiger charge is -2.22. The zero-order chi connectivity index (χ0) is 20.0. The van der Waals surface area contributed by atoms with Gasteiger partial charge in [-0.1, -0.05) is 28.1 Å². The summed E-state index contributed by atoms with van der Waals surface area (Å²) in [6.45, 7) is 5.65. The minimum Gasteiger partial charge on any atom is -0.497 e. The molecule has 0 aliphatic heterocycles. The van der Waals surface area contributed by atoms with Crippen LogP contribution >= 0.6 is 15.9 Å². The number of amides is 2. The van der Waals surface area contributed by atoms with Crippen molar-refractivity contribution in [1.29, 1.82) is 0 Å². The first-order chi connectivity index (χ1) is 12.7. The van der Waals surface area contributed by atoms with Crippen LogP contribution in [0.1, 0.15) is 36.7 Å². The fourth-order valence-electron chi connectivity index (χ4n) is 2.23. The number of rotatable bonds is 5. The van der Waals surface area contributed by atoms with Gasteiger partial charge in [-0.05, 0) is 68.8 Å². The summed E-state index contributed by atoms with van der Waals surface area (Å²) in [5.41, 5.74) is 0.974. The fraction of sp³-hybridized carbons (Fsp3) is 0.238. The van der Waals surface area contributed by atoms with Gasteiger partial charge in [0.05, 0.1) is 7.11 Å². The maximum absolute atomic E-state index is 12.7. The number of ether oxygens (including phenoxy) is 1. The third-order valence-electron chi connectivity index (χ3n) is 3.51. The fourth-order valence-corrected chi connectivity index (χ4v) is 2.49. The molecule has 0 fully saturated rings. The summed E-state index contributed by atoms with van der Waals surface area (Å²) in [5.74, 6) is -0.0694. The van der Waals surface area contributed by atoms with Gasteiger partial charge in [0.1, 0.15) is 11.4 Å². The summed E-state index contributed by atoms with van der Waals surface area (Å²) in [6, 6.07) is 14.1. The molecule has 2 N–H and O–H groups in total. The van der Waals surface area contributed by atoms with Crippen LogP contribution in [0.4, 0.5) is 0 Å². The molecule has 0 bridgehead atoms. The zero-order valence-electron chi connectivity index (χ0n) is 15.8. The van der Waals surface area contributed by atoms with E-state index in [-0.39, 0.29) is 17.5 Å². The van der Waals surface area contributed by atoms with Crippen LogP contribution in [0.25, 0.3) is 6.08 Å². The predicted octanol–water partition coefficient (Wildman–Crippen LogP) is 4.14. The SMILES string of the molecule is COc1ccc(C(=O)NC(=Cc2ccc(Br)cc2)C(=O)NC(C)(C)C)cc1. The highest BCUT2D eigenvalue weighted by Gasteiger charge is 2.19. The molecule has 0 unspecified atom stereocenters. The van der Waals surface area contributed by atoms with Crippen molar-refractivity contribution in [2.75, 3.05) is 7.11 Å². The second-order valence-corrected chi connectivity index (χ2v) is 7.91. The maximum atomic E-state index is 12.7. The Kier molecular flexibility index (Phi) is 6.80. The lowest BCUT2D eigenvalue weighted by atomic mass is 10.1. The molecule has 0 aliphatic carbocycles. The van der Waals surface area contributed by atoms with Gasteiger partial charge in [0.2, 0.25) is 0 Å². The summed E-state index contributed by atoms with van der Waals surface area (Å²) >= 11 is 3.38. The molecule has 27 heavy (non-hydrogen) atoms. The first-order valence-corrected chi connectivity index (χ1v) is 9.22. The van der Waals surface area contributed by atoms with E-state index in [4.69, 9.17) is 4.74 Å². The van der Waals surface area contributed by atoms with Crippen LogP contribution in [0.2, 0.25) is 0 Å². The largest absolute Gasteiger partial charge is 0.497 e.